The Morgan fingerprint density at radius 2 is 2.24 bits per heavy atom. The predicted octanol–water partition coefficient (Wildman–Crippen LogP) is -0.320. The molecule has 21 heavy (non-hydrogen) atoms. The van der Waals surface area contributed by atoms with Gasteiger partial charge in [0.15, 0.2) is 0 Å². The van der Waals surface area contributed by atoms with E-state index in [9.17, 15) is 18.5 Å². The molecule has 2 rings (SSSR count). The highest BCUT2D eigenvalue weighted by molar-refractivity contribution is 7.46. The Bertz CT molecular complexity index is 685. The van der Waals surface area contributed by atoms with Crippen molar-refractivity contribution in [3.05, 3.63) is 32.9 Å². The molecule has 0 saturated carbocycles. The molecule has 1 aromatic rings. The van der Waals surface area contributed by atoms with Crippen molar-refractivity contribution in [3.8, 4) is 0 Å². The van der Waals surface area contributed by atoms with Crippen molar-refractivity contribution in [2.75, 3.05) is 5.88 Å². The topological polar surface area (TPSA) is 131 Å². The molecule has 3 atom stereocenters. The van der Waals surface area contributed by atoms with Gasteiger partial charge in [0.05, 0.1) is 12.1 Å². The molecule has 1 saturated heterocycles. The maximum Gasteiger partial charge on any atom is 0.469 e. The number of H-pyrrole nitrogens is 1. The van der Waals surface area contributed by atoms with Gasteiger partial charge in [0.25, 0.3) is 5.56 Å². The Kier molecular flexibility index (Phi) is 4.66. The van der Waals surface area contributed by atoms with Crippen LogP contribution in [0.3, 0.4) is 0 Å². The van der Waals surface area contributed by atoms with Crippen LogP contribution < -0.4 is 11.2 Å². The molecule has 0 unspecified atom stereocenters. The Labute approximate surface area is 121 Å². The molecule has 1 fully saturated rings. The summed E-state index contributed by atoms with van der Waals surface area (Å²) in [6.45, 7) is 0. The summed E-state index contributed by atoms with van der Waals surface area (Å²) in [6, 6.07) is 0. The number of hydrogen-bond acceptors (Lipinski definition) is 5. The van der Waals surface area contributed by atoms with Crippen molar-refractivity contribution in [1.82, 2.24) is 9.55 Å². The summed E-state index contributed by atoms with van der Waals surface area (Å²) in [5, 5.41) is 0. The number of halogens is 2. The van der Waals surface area contributed by atoms with Crippen LogP contribution in [-0.2, 0) is 13.8 Å². The minimum Gasteiger partial charge on any atom is -0.351 e. The van der Waals surface area contributed by atoms with Crippen LogP contribution in [0.4, 0.5) is 4.39 Å². The summed E-state index contributed by atoms with van der Waals surface area (Å²) in [6.07, 6.45) is -2.53. The van der Waals surface area contributed by atoms with Gasteiger partial charge in [-0.2, -0.15) is 4.39 Å². The molecule has 0 amide bonds. The molecule has 12 heteroatoms. The normalized spacial score (nSPS) is 26.2. The van der Waals surface area contributed by atoms with E-state index in [1.165, 1.54) is 0 Å². The number of ether oxygens (including phenoxy) is 1. The van der Waals surface area contributed by atoms with Crippen molar-refractivity contribution in [3.63, 3.8) is 0 Å². The van der Waals surface area contributed by atoms with Crippen LogP contribution in [0, 0.1) is 5.82 Å². The van der Waals surface area contributed by atoms with Crippen LogP contribution in [-0.4, -0.2) is 37.4 Å². The van der Waals surface area contributed by atoms with Gasteiger partial charge in [-0.3, -0.25) is 18.9 Å². The zero-order valence-corrected chi connectivity index (χ0v) is 12.0. The van der Waals surface area contributed by atoms with E-state index in [0.29, 0.717) is 6.20 Å². The van der Waals surface area contributed by atoms with Crippen molar-refractivity contribution in [1.29, 1.82) is 0 Å². The van der Waals surface area contributed by atoms with Crippen LogP contribution in [0.15, 0.2) is 15.8 Å². The van der Waals surface area contributed by atoms with E-state index in [2.05, 4.69) is 4.52 Å². The van der Waals surface area contributed by atoms with Gasteiger partial charge in [-0.1, -0.05) is 0 Å². The lowest BCUT2D eigenvalue weighted by molar-refractivity contribution is -0.00880. The molecule has 0 radical (unpaired) electrons. The van der Waals surface area contributed by atoms with E-state index < -0.39 is 43.3 Å². The zero-order chi connectivity index (χ0) is 15.8. The molecule has 2 heterocycles. The summed E-state index contributed by atoms with van der Waals surface area (Å²) in [5.74, 6) is -1.35. The van der Waals surface area contributed by atoms with Gasteiger partial charge in [-0.05, 0) is 0 Å². The fourth-order valence-corrected chi connectivity index (χ4v) is 2.82. The summed E-state index contributed by atoms with van der Waals surface area (Å²) < 4.78 is 34.7. The van der Waals surface area contributed by atoms with Crippen molar-refractivity contribution >= 4 is 19.4 Å². The Morgan fingerprint density at radius 3 is 2.81 bits per heavy atom. The van der Waals surface area contributed by atoms with Crippen LogP contribution in [0.25, 0.3) is 0 Å². The first-order valence-electron chi connectivity index (χ1n) is 5.67. The molecule has 118 valence electrons. The third-order valence-corrected chi connectivity index (χ3v) is 3.69. The molecule has 3 N–H and O–H groups in total. The smallest absolute Gasteiger partial charge is 0.351 e. The van der Waals surface area contributed by atoms with Gasteiger partial charge in [0.2, 0.25) is 5.82 Å². The molecule has 0 aromatic carbocycles. The second kappa shape index (κ2) is 5.99. The third-order valence-electron chi connectivity index (χ3n) is 2.84. The number of rotatable bonds is 4. The lowest BCUT2D eigenvalue weighted by Crippen LogP contribution is -2.33. The number of hydrogen-bond donors (Lipinski definition) is 3. The first-order valence-corrected chi connectivity index (χ1v) is 7.74. The zero-order valence-electron chi connectivity index (χ0n) is 10.3. The van der Waals surface area contributed by atoms with E-state index in [4.69, 9.17) is 26.1 Å². The number of phosphoric ester groups is 1. The molecular weight excluding hydrogens is 334 g/mol. The van der Waals surface area contributed by atoms with E-state index in [1.54, 1.807) is 4.98 Å². The number of phosphoric acid groups is 1. The van der Waals surface area contributed by atoms with Crippen molar-refractivity contribution in [2.45, 2.75) is 24.9 Å². The SMILES string of the molecule is O=c1[nH]c(=O)n([C@H]2C[C@H](OP(=O)(O)O)[C@@H](CCl)O2)cc1F. The third kappa shape index (κ3) is 3.79. The van der Waals surface area contributed by atoms with Crippen molar-refractivity contribution < 1.29 is 28.0 Å². The predicted molar refractivity (Wildman–Crippen MR) is 67.4 cm³/mol. The van der Waals surface area contributed by atoms with E-state index >= 15 is 0 Å². The quantitative estimate of drug-likeness (QED) is 0.504. The molecule has 0 aliphatic carbocycles. The summed E-state index contributed by atoms with van der Waals surface area (Å²) >= 11 is 5.60. The maximum atomic E-state index is 13.2. The fourth-order valence-electron chi connectivity index (χ4n) is 1.97. The number of nitrogens with one attached hydrogen (secondary N) is 1. The van der Waals surface area contributed by atoms with Crippen LogP contribution in [0.2, 0.25) is 0 Å². The van der Waals surface area contributed by atoms with Gasteiger partial charge in [0.1, 0.15) is 18.4 Å². The molecule has 1 aliphatic rings. The molecule has 9 nitrogen and oxygen atoms in total. The van der Waals surface area contributed by atoms with E-state index in [1.807, 2.05) is 0 Å². The van der Waals surface area contributed by atoms with Gasteiger partial charge < -0.3 is 14.5 Å². The molecule has 0 bridgehead atoms. The number of aromatic amines is 1. The standard InChI is InChI=1S/C9H11ClFN2O7P/c10-2-6-5(20-21(16,17)18)1-7(19-6)13-3-4(11)8(14)12-9(13)15/h3,5-7H,1-2H2,(H,12,14,15)(H2,16,17,18)/t5-,6+,7+/m0/s1. The summed E-state index contributed by atoms with van der Waals surface area (Å²) in [4.78, 5) is 41.9. The Balaban J connectivity index is 2.27. The van der Waals surface area contributed by atoms with Crippen LogP contribution >= 0.6 is 19.4 Å². The largest absolute Gasteiger partial charge is 0.469 e. The lowest BCUT2D eigenvalue weighted by atomic mass is 10.2. The summed E-state index contributed by atoms with van der Waals surface area (Å²) in [5.41, 5.74) is -2.09. The van der Waals surface area contributed by atoms with Crippen LogP contribution in [0.5, 0.6) is 0 Å². The lowest BCUT2D eigenvalue weighted by Gasteiger charge is -2.16. The maximum absolute atomic E-state index is 13.2. The molecule has 1 aliphatic heterocycles. The Morgan fingerprint density at radius 1 is 1.57 bits per heavy atom. The molecule has 1 aromatic heterocycles. The van der Waals surface area contributed by atoms with Crippen molar-refractivity contribution in [2.24, 2.45) is 0 Å². The van der Waals surface area contributed by atoms with Gasteiger partial charge in [0, 0.05) is 6.42 Å². The van der Waals surface area contributed by atoms with E-state index in [-0.39, 0.29) is 12.3 Å². The number of aromatic nitrogens is 2. The number of alkyl halides is 1. The average molecular weight is 345 g/mol. The second-order valence-electron chi connectivity index (χ2n) is 4.30. The number of nitrogens with zero attached hydrogens (tertiary/aromatic N) is 1. The average Bonchev–Trinajstić information content (AvgIpc) is 2.74. The Hall–Kier alpha value is -1.03. The highest BCUT2D eigenvalue weighted by Gasteiger charge is 2.40. The summed E-state index contributed by atoms with van der Waals surface area (Å²) in [7, 11) is -4.77. The van der Waals surface area contributed by atoms with Gasteiger partial charge in [-0.25, -0.2) is 9.36 Å². The second-order valence-corrected chi connectivity index (χ2v) is 5.80. The van der Waals surface area contributed by atoms with Gasteiger partial charge in [-0.15, -0.1) is 11.6 Å². The highest BCUT2D eigenvalue weighted by atomic mass is 35.5. The minimum absolute atomic E-state index is 0.145. The highest BCUT2D eigenvalue weighted by Crippen LogP contribution is 2.43. The van der Waals surface area contributed by atoms with Gasteiger partial charge >= 0.3 is 13.5 Å². The van der Waals surface area contributed by atoms with E-state index in [0.717, 1.165) is 4.57 Å². The van der Waals surface area contributed by atoms with Crippen LogP contribution in [0.1, 0.15) is 12.6 Å². The first-order chi connectivity index (χ1) is 9.71. The molecule has 0 spiro atoms. The first kappa shape index (κ1) is 16.3. The monoisotopic (exact) mass is 344 g/mol. The minimum atomic E-state index is -4.77. The fraction of sp³-hybridized carbons (Fsp3) is 0.556. The molecular formula is C9H11ClFN2O7P.